The minimum atomic E-state index is -2.66. The van der Waals surface area contributed by atoms with Crippen LogP contribution in [0.4, 0.5) is 0 Å². The van der Waals surface area contributed by atoms with Crippen molar-refractivity contribution in [2.75, 3.05) is 19.5 Å². The van der Waals surface area contributed by atoms with E-state index >= 15 is 0 Å². The minimum Gasteiger partial charge on any atom is -0.456 e. The molecule has 2 aliphatic heterocycles. The Bertz CT molecular complexity index is 1330. The molecule has 2 saturated heterocycles. The second-order valence-electron chi connectivity index (χ2n) is 8.06. The van der Waals surface area contributed by atoms with Gasteiger partial charge >= 0.3 is 0 Å². The monoisotopic (exact) mass is 492 g/mol. The number of aliphatic hydroxyl groups excluding tert-OH is 1. The highest BCUT2D eigenvalue weighted by atomic mass is 35.5. The van der Waals surface area contributed by atoms with Crippen LogP contribution >= 0.6 is 11.6 Å². The number of rotatable bonds is 5. The first-order valence-corrected chi connectivity index (χ1v) is 12.6. The van der Waals surface area contributed by atoms with E-state index in [0.717, 1.165) is 0 Å². The number of aromatic amines is 1. The van der Waals surface area contributed by atoms with Gasteiger partial charge in [0, 0.05) is 27.1 Å². The Morgan fingerprint density at radius 2 is 2.00 bits per heavy atom. The van der Waals surface area contributed by atoms with Gasteiger partial charge in [0.15, 0.2) is 11.8 Å². The fraction of sp³-hybridized carbons (Fsp3) is 0.333. The molecular formula is C21H21ClN4O6S. The van der Waals surface area contributed by atoms with E-state index in [9.17, 15) is 14.1 Å². The molecule has 2 fully saturated rings. The molecule has 2 aromatic heterocycles. The third kappa shape index (κ3) is 4.42. The molecule has 1 aromatic carbocycles. The van der Waals surface area contributed by atoms with E-state index in [1.807, 2.05) is 0 Å². The van der Waals surface area contributed by atoms with Crippen molar-refractivity contribution in [1.29, 1.82) is 0 Å². The maximum Gasteiger partial charge on any atom is 0.296 e. The van der Waals surface area contributed by atoms with E-state index in [4.69, 9.17) is 25.8 Å². The Hall–Kier alpha value is -2.70. The lowest BCUT2D eigenvalue weighted by Crippen LogP contribution is -2.34. The number of H-pyrrole nitrogens is 1. The predicted molar refractivity (Wildman–Crippen MR) is 123 cm³/mol. The molecule has 33 heavy (non-hydrogen) atoms. The molecule has 0 saturated carbocycles. The number of halogens is 1. The number of imidazole rings is 1. The maximum absolute atomic E-state index is 12.1. The van der Waals surface area contributed by atoms with Crippen molar-refractivity contribution >= 4 is 44.3 Å². The molecule has 10 nitrogen and oxygen atoms in total. The first-order valence-electron chi connectivity index (χ1n) is 10.1. The Morgan fingerprint density at radius 3 is 2.73 bits per heavy atom. The Labute approximate surface area is 194 Å². The maximum atomic E-state index is 12.1. The number of benzene rings is 1. The molecule has 0 radical (unpaired) electrons. The van der Waals surface area contributed by atoms with Gasteiger partial charge in [-0.1, -0.05) is 23.7 Å². The molecular weight excluding hydrogens is 472 g/mol. The van der Waals surface area contributed by atoms with Crippen LogP contribution in [-0.4, -0.2) is 79.9 Å². The molecule has 2 aliphatic rings. The van der Waals surface area contributed by atoms with Crippen LogP contribution in [-0.2, 0) is 19.2 Å². The number of nitrogens with zero attached hydrogens (tertiary/aromatic N) is 2. The molecule has 5 atom stereocenters. The van der Waals surface area contributed by atoms with Crippen molar-refractivity contribution < 1.29 is 28.3 Å². The summed E-state index contributed by atoms with van der Waals surface area (Å²) < 4.78 is 31.1. The van der Waals surface area contributed by atoms with Crippen LogP contribution < -0.4 is 9.46 Å². The van der Waals surface area contributed by atoms with Crippen LogP contribution in [0, 0.1) is 0 Å². The molecule has 0 bridgehead atoms. The summed E-state index contributed by atoms with van der Waals surface area (Å²) in [6.07, 6.45) is -0.481. The Kier molecular flexibility index (Phi) is 5.53. The second-order valence-corrected chi connectivity index (χ2v) is 10.7. The van der Waals surface area contributed by atoms with Gasteiger partial charge < -0.3 is 24.3 Å². The second kappa shape index (κ2) is 8.26. The van der Waals surface area contributed by atoms with Gasteiger partial charge in [-0.3, -0.25) is 9.52 Å². The summed E-state index contributed by atoms with van der Waals surface area (Å²) in [6, 6.07) is 8.50. The van der Waals surface area contributed by atoms with Crippen LogP contribution in [0.1, 0.15) is 10.4 Å². The normalized spacial score (nSPS) is 26.2. The number of fused-ring (bicyclic) bond motifs is 2. The predicted octanol–water partition coefficient (Wildman–Crippen LogP) is 1.18. The highest BCUT2D eigenvalue weighted by Gasteiger charge is 2.48. The highest BCUT2D eigenvalue weighted by Crippen LogP contribution is 2.32. The van der Waals surface area contributed by atoms with Crippen molar-refractivity contribution in [2.45, 2.75) is 24.4 Å². The average Bonchev–Trinajstić information content (AvgIpc) is 3.43. The largest absolute Gasteiger partial charge is 0.456 e. The number of ether oxygens (including phenoxy) is 3. The summed E-state index contributed by atoms with van der Waals surface area (Å²) in [5.74, 6) is 2.94. The molecule has 0 spiro atoms. The van der Waals surface area contributed by atoms with Gasteiger partial charge in [0.05, 0.1) is 29.4 Å². The number of carbonyl (C=O) groups is 1. The molecule has 174 valence electrons. The number of aliphatic hydroxyl groups is 1. The molecule has 5 rings (SSSR count). The highest BCUT2D eigenvalue weighted by molar-refractivity contribution is 7.98. The SMILES string of the molecule is C=S(C)(=O)NC(=O)c1ccc(-c2nc3nc(OC4COC5C(O)COC45)[nH]c3cc2Cl)cc1. The van der Waals surface area contributed by atoms with Crippen LogP contribution in [0.15, 0.2) is 30.3 Å². The van der Waals surface area contributed by atoms with Gasteiger partial charge in [0.25, 0.3) is 11.9 Å². The summed E-state index contributed by atoms with van der Waals surface area (Å²) in [4.78, 5) is 24.1. The summed E-state index contributed by atoms with van der Waals surface area (Å²) in [6.45, 7) is 0.493. The van der Waals surface area contributed by atoms with Gasteiger partial charge in [-0.05, 0) is 24.1 Å². The van der Waals surface area contributed by atoms with Crippen molar-refractivity contribution in [3.8, 4) is 17.3 Å². The lowest BCUT2D eigenvalue weighted by molar-refractivity contribution is 0.00706. The van der Waals surface area contributed by atoms with E-state index in [1.54, 1.807) is 30.3 Å². The number of pyridine rings is 1. The van der Waals surface area contributed by atoms with E-state index in [0.29, 0.717) is 33.0 Å². The first-order chi connectivity index (χ1) is 15.7. The molecule has 5 unspecified atom stereocenters. The molecule has 1 amide bonds. The van der Waals surface area contributed by atoms with Crippen molar-refractivity contribution in [3.63, 3.8) is 0 Å². The van der Waals surface area contributed by atoms with Crippen molar-refractivity contribution in [1.82, 2.24) is 19.7 Å². The zero-order valence-corrected chi connectivity index (χ0v) is 19.1. The molecule has 3 N–H and O–H groups in total. The zero-order valence-electron chi connectivity index (χ0n) is 17.5. The molecule has 0 aliphatic carbocycles. The van der Waals surface area contributed by atoms with E-state index in [1.165, 1.54) is 6.26 Å². The number of carbonyl (C=O) groups excluding carboxylic acids is 1. The smallest absolute Gasteiger partial charge is 0.296 e. The van der Waals surface area contributed by atoms with Gasteiger partial charge in [-0.2, -0.15) is 4.98 Å². The van der Waals surface area contributed by atoms with Crippen molar-refractivity contribution in [3.05, 3.63) is 40.9 Å². The third-order valence-electron chi connectivity index (χ3n) is 5.38. The van der Waals surface area contributed by atoms with Crippen LogP contribution in [0.2, 0.25) is 5.02 Å². The van der Waals surface area contributed by atoms with Crippen LogP contribution in [0.3, 0.4) is 0 Å². The summed E-state index contributed by atoms with van der Waals surface area (Å²) in [7, 11) is -2.66. The van der Waals surface area contributed by atoms with Gasteiger partial charge in [-0.15, -0.1) is 0 Å². The van der Waals surface area contributed by atoms with E-state index in [-0.39, 0.29) is 25.3 Å². The Balaban J connectivity index is 1.37. The van der Waals surface area contributed by atoms with Crippen LogP contribution in [0.25, 0.3) is 22.4 Å². The third-order valence-corrected chi connectivity index (χ3v) is 6.28. The Morgan fingerprint density at radius 1 is 1.27 bits per heavy atom. The van der Waals surface area contributed by atoms with Crippen molar-refractivity contribution in [2.24, 2.45) is 0 Å². The standard InChI is InChI=1S/C21H21ClN4O6S/c1-33(2,29)26-20(28)11-5-3-10(4-6-11)16-12(22)7-13-19(24-16)25-21(23-13)32-15-9-31-17-14(27)8-30-18(15)17/h3-7,14-15,17-18,27H,1,8-9H2,2H3,(H,23,24,25)(H,26,28,29). The summed E-state index contributed by atoms with van der Waals surface area (Å²) >= 11 is 6.45. The topological polar surface area (TPSA) is 136 Å². The van der Waals surface area contributed by atoms with E-state index in [2.05, 4.69) is 25.5 Å². The molecule has 4 heterocycles. The zero-order chi connectivity index (χ0) is 23.3. The molecule has 3 aromatic rings. The average molecular weight is 493 g/mol. The number of hydrogen-bond acceptors (Lipinski definition) is 8. The first kappa shape index (κ1) is 22.1. The number of hydrogen-bond donors (Lipinski definition) is 3. The van der Waals surface area contributed by atoms with Crippen LogP contribution in [0.5, 0.6) is 6.01 Å². The molecule has 12 heteroatoms. The number of aromatic nitrogens is 3. The van der Waals surface area contributed by atoms with Gasteiger partial charge in [0.2, 0.25) is 0 Å². The number of amides is 1. The van der Waals surface area contributed by atoms with E-state index < -0.39 is 33.9 Å². The number of nitrogens with one attached hydrogen (secondary N) is 2. The lowest BCUT2D eigenvalue weighted by Gasteiger charge is -2.15. The minimum absolute atomic E-state index is 0.211. The summed E-state index contributed by atoms with van der Waals surface area (Å²) in [5, 5.41) is 10.3. The van der Waals surface area contributed by atoms with Gasteiger partial charge in [-0.25, -0.2) is 9.19 Å². The quantitative estimate of drug-likeness (QED) is 0.452. The summed E-state index contributed by atoms with van der Waals surface area (Å²) in [5.41, 5.74) is 2.48. The fourth-order valence-corrected chi connectivity index (χ4v) is 4.65. The fourth-order valence-electron chi connectivity index (χ4n) is 3.88. The lowest BCUT2D eigenvalue weighted by atomic mass is 10.1. The van der Waals surface area contributed by atoms with Gasteiger partial charge in [0.1, 0.15) is 18.3 Å².